The van der Waals surface area contributed by atoms with Gasteiger partial charge in [-0.15, -0.1) is 0 Å². The van der Waals surface area contributed by atoms with Crippen molar-refractivity contribution in [2.75, 3.05) is 5.32 Å². The van der Waals surface area contributed by atoms with Gasteiger partial charge in [0.25, 0.3) is 11.5 Å². The van der Waals surface area contributed by atoms with Gasteiger partial charge in [-0.05, 0) is 65.0 Å². The number of fused-ring (bicyclic) bond motifs is 3. The summed E-state index contributed by atoms with van der Waals surface area (Å²) in [5.74, 6) is -0.190. The van der Waals surface area contributed by atoms with Crippen molar-refractivity contribution in [2.24, 2.45) is 0 Å². The van der Waals surface area contributed by atoms with Gasteiger partial charge in [0.1, 0.15) is 0 Å². The molecule has 1 aliphatic carbocycles. The summed E-state index contributed by atoms with van der Waals surface area (Å²) in [6, 6.07) is 13.0. The summed E-state index contributed by atoms with van der Waals surface area (Å²) < 4.78 is 0.745. The van der Waals surface area contributed by atoms with Crippen LogP contribution in [-0.2, 0) is 12.8 Å². The normalized spacial score (nSPS) is 13.0. The maximum atomic E-state index is 12.4. The van der Waals surface area contributed by atoms with Crippen LogP contribution in [-0.4, -0.2) is 10.9 Å². The minimum atomic E-state index is -0.190. The van der Waals surface area contributed by atoms with Crippen LogP contribution in [0.2, 0.25) is 0 Å². The summed E-state index contributed by atoms with van der Waals surface area (Å²) in [5, 5.41) is 3.96. The lowest BCUT2D eigenvalue weighted by Crippen LogP contribution is -2.14. The molecule has 4 rings (SSSR count). The highest BCUT2D eigenvalue weighted by molar-refractivity contribution is 9.10. The molecule has 1 heterocycles. The number of nitrogens with one attached hydrogen (secondary N) is 2. The molecule has 0 radical (unpaired) electrons. The van der Waals surface area contributed by atoms with Crippen LogP contribution in [0.5, 0.6) is 0 Å². The Balaban J connectivity index is 1.71. The molecule has 0 unspecified atom stereocenters. The maximum Gasteiger partial charge on any atom is 0.256 e. The number of hydrogen-bond acceptors (Lipinski definition) is 2. The standard InChI is InChI=1S/C19H15BrN2O2/c20-16-7-2-1-4-15(16)19(24)21-11-8-9-13-12-5-3-6-14(12)18(23)22-17(13)10-11/h1-2,4,7-10H,3,5-6H2,(H,21,24)(H,22,23). The number of benzene rings is 2. The number of hydrogen-bond donors (Lipinski definition) is 2. The topological polar surface area (TPSA) is 62.0 Å². The molecule has 0 atom stereocenters. The summed E-state index contributed by atoms with van der Waals surface area (Å²) in [6.07, 6.45) is 2.82. The van der Waals surface area contributed by atoms with E-state index in [4.69, 9.17) is 0 Å². The minimum absolute atomic E-state index is 0.00993. The van der Waals surface area contributed by atoms with E-state index in [1.54, 1.807) is 6.07 Å². The Hall–Kier alpha value is -2.40. The number of carbonyl (C=O) groups excluding carboxylic acids is 1. The predicted octanol–water partition coefficient (Wildman–Crippen LogP) is 4.03. The fourth-order valence-corrected chi connectivity index (χ4v) is 3.79. The number of aromatic nitrogens is 1. The Morgan fingerprint density at radius 2 is 1.88 bits per heavy atom. The number of H-pyrrole nitrogens is 1. The molecule has 2 N–H and O–H groups in total. The second-order valence-electron chi connectivity index (χ2n) is 5.96. The highest BCUT2D eigenvalue weighted by atomic mass is 79.9. The van der Waals surface area contributed by atoms with E-state index in [0.717, 1.165) is 45.8 Å². The second kappa shape index (κ2) is 5.91. The average molecular weight is 383 g/mol. The van der Waals surface area contributed by atoms with E-state index in [0.29, 0.717) is 11.3 Å². The quantitative estimate of drug-likeness (QED) is 0.702. The van der Waals surface area contributed by atoms with Crippen LogP contribution in [0.15, 0.2) is 51.7 Å². The molecular formula is C19H15BrN2O2. The number of aromatic amines is 1. The van der Waals surface area contributed by atoms with E-state index in [2.05, 4.69) is 26.2 Å². The summed E-state index contributed by atoms with van der Waals surface area (Å²) in [7, 11) is 0. The molecule has 0 saturated carbocycles. The molecule has 5 heteroatoms. The van der Waals surface area contributed by atoms with E-state index in [1.165, 1.54) is 0 Å². The Labute approximate surface area is 147 Å². The zero-order chi connectivity index (χ0) is 16.7. The molecule has 2 aromatic carbocycles. The fraction of sp³-hybridized carbons (Fsp3) is 0.158. The first-order valence-corrected chi connectivity index (χ1v) is 8.66. The van der Waals surface area contributed by atoms with Gasteiger partial charge in [0, 0.05) is 21.1 Å². The monoisotopic (exact) mass is 382 g/mol. The molecule has 1 aliphatic rings. The van der Waals surface area contributed by atoms with Crippen molar-refractivity contribution in [1.29, 1.82) is 0 Å². The van der Waals surface area contributed by atoms with Crippen molar-refractivity contribution in [3.63, 3.8) is 0 Å². The van der Waals surface area contributed by atoms with Crippen LogP contribution in [0.3, 0.4) is 0 Å². The third-order valence-electron chi connectivity index (χ3n) is 4.46. The van der Waals surface area contributed by atoms with E-state index >= 15 is 0 Å². The molecule has 120 valence electrons. The third kappa shape index (κ3) is 2.55. The molecule has 1 amide bonds. The van der Waals surface area contributed by atoms with E-state index in [1.807, 2.05) is 36.4 Å². The van der Waals surface area contributed by atoms with Gasteiger partial charge in [0.2, 0.25) is 0 Å². The van der Waals surface area contributed by atoms with Crippen LogP contribution >= 0.6 is 15.9 Å². The largest absolute Gasteiger partial charge is 0.322 e. The van der Waals surface area contributed by atoms with Crippen LogP contribution in [0.4, 0.5) is 5.69 Å². The van der Waals surface area contributed by atoms with Crippen LogP contribution in [0, 0.1) is 0 Å². The maximum absolute atomic E-state index is 12.4. The molecule has 0 saturated heterocycles. The summed E-state index contributed by atoms with van der Waals surface area (Å²) in [4.78, 5) is 27.5. The van der Waals surface area contributed by atoms with E-state index < -0.39 is 0 Å². The lowest BCUT2D eigenvalue weighted by atomic mass is 10.1. The molecule has 1 aromatic heterocycles. The zero-order valence-electron chi connectivity index (χ0n) is 12.9. The summed E-state index contributed by atoms with van der Waals surface area (Å²) >= 11 is 3.38. The molecule has 24 heavy (non-hydrogen) atoms. The van der Waals surface area contributed by atoms with Gasteiger partial charge in [0.15, 0.2) is 0 Å². The van der Waals surface area contributed by atoms with Gasteiger partial charge in [-0.2, -0.15) is 0 Å². The van der Waals surface area contributed by atoms with E-state index in [9.17, 15) is 9.59 Å². The molecule has 3 aromatic rings. The summed E-state index contributed by atoms with van der Waals surface area (Å²) in [6.45, 7) is 0. The SMILES string of the molecule is O=C(Nc1ccc2c3c(c(=O)[nH]c2c1)CCC3)c1ccccc1Br. The van der Waals surface area contributed by atoms with Crippen molar-refractivity contribution in [1.82, 2.24) is 4.98 Å². The van der Waals surface area contributed by atoms with Gasteiger partial charge in [-0.3, -0.25) is 9.59 Å². The lowest BCUT2D eigenvalue weighted by Gasteiger charge is -2.10. The van der Waals surface area contributed by atoms with E-state index in [-0.39, 0.29) is 11.5 Å². The third-order valence-corrected chi connectivity index (χ3v) is 5.15. The number of amides is 1. The minimum Gasteiger partial charge on any atom is -0.322 e. The number of pyridine rings is 1. The van der Waals surface area contributed by atoms with Crippen molar-refractivity contribution < 1.29 is 4.79 Å². The van der Waals surface area contributed by atoms with Crippen molar-refractivity contribution in [2.45, 2.75) is 19.3 Å². The first-order chi connectivity index (χ1) is 11.6. The number of anilines is 1. The molecule has 0 spiro atoms. The fourth-order valence-electron chi connectivity index (χ4n) is 3.32. The second-order valence-corrected chi connectivity index (χ2v) is 6.81. The molecule has 4 nitrogen and oxygen atoms in total. The molecule has 0 aliphatic heterocycles. The number of halogens is 1. The van der Waals surface area contributed by atoms with Crippen molar-refractivity contribution >= 4 is 38.4 Å². The number of carbonyl (C=O) groups is 1. The van der Waals surface area contributed by atoms with Gasteiger partial charge in [-0.25, -0.2) is 0 Å². The first kappa shape index (κ1) is 15.1. The van der Waals surface area contributed by atoms with Gasteiger partial charge < -0.3 is 10.3 Å². The van der Waals surface area contributed by atoms with Crippen molar-refractivity contribution in [3.8, 4) is 0 Å². The zero-order valence-corrected chi connectivity index (χ0v) is 14.4. The van der Waals surface area contributed by atoms with Crippen LogP contribution < -0.4 is 10.9 Å². The van der Waals surface area contributed by atoms with Gasteiger partial charge >= 0.3 is 0 Å². The Kier molecular flexibility index (Phi) is 3.73. The van der Waals surface area contributed by atoms with Crippen molar-refractivity contribution in [3.05, 3.63) is 74.0 Å². The average Bonchev–Trinajstić information content (AvgIpc) is 3.05. The lowest BCUT2D eigenvalue weighted by molar-refractivity contribution is 0.102. The Morgan fingerprint density at radius 3 is 2.71 bits per heavy atom. The summed E-state index contributed by atoms with van der Waals surface area (Å²) in [5.41, 5.74) is 4.05. The number of rotatable bonds is 2. The van der Waals surface area contributed by atoms with Gasteiger partial charge in [0.05, 0.1) is 11.1 Å². The molecule has 0 fully saturated rings. The first-order valence-electron chi connectivity index (χ1n) is 7.87. The highest BCUT2D eigenvalue weighted by Gasteiger charge is 2.18. The molecular weight excluding hydrogens is 368 g/mol. The smallest absolute Gasteiger partial charge is 0.256 e. The Bertz CT molecular complexity index is 1020. The number of aryl methyl sites for hydroxylation is 1. The van der Waals surface area contributed by atoms with Crippen LogP contribution in [0.25, 0.3) is 10.9 Å². The highest BCUT2D eigenvalue weighted by Crippen LogP contribution is 2.28. The van der Waals surface area contributed by atoms with Crippen LogP contribution in [0.1, 0.15) is 27.9 Å². The Morgan fingerprint density at radius 1 is 1.08 bits per heavy atom. The molecule has 0 bridgehead atoms. The van der Waals surface area contributed by atoms with Gasteiger partial charge in [-0.1, -0.05) is 18.2 Å². The predicted molar refractivity (Wildman–Crippen MR) is 98.7 cm³/mol.